The molecule has 9 N–H and O–H groups in total. The SMILES string of the molecule is NC(=O)CCC(NC(=O)C(Cc1ccccc1)NC(=O)C(Cc1ccc(O)cc1)NC(=O)C(N)Cc1ccccc1)C(=O)O. The summed E-state index contributed by atoms with van der Waals surface area (Å²) in [5.41, 5.74) is 13.4. The Morgan fingerprint density at radius 1 is 0.614 bits per heavy atom. The molecule has 232 valence electrons. The van der Waals surface area contributed by atoms with Crippen molar-refractivity contribution in [3.8, 4) is 5.75 Å². The molecule has 4 amide bonds. The highest BCUT2D eigenvalue weighted by Gasteiger charge is 2.31. The van der Waals surface area contributed by atoms with Crippen LogP contribution in [0, 0.1) is 0 Å². The third-order valence-electron chi connectivity index (χ3n) is 6.85. The minimum atomic E-state index is -1.42. The molecule has 0 saturated carbocycles. The monoisotopic (exact) mass is 603 g/mol. The van der Waals surface area contributed by atoms with Crippen molar-refractivity contribution in [2.45, 2.75) is 56.3 Å². The van der Waals surface area contributed by atoms with Gasteiger partial charge in [-0.1, -0.05) is 72.8 Å². The van der Waals surface area contributed by atoms with E-state index in [1.165, 1.54) is 12.1 Å². The van der Waals surface area contributed by atoms with Gasteiger partial charge in [0.25, 0.3) is 0 Å². The summed E-state index contributed by atoms with van der Waals surface area (Å²) >= 11 is 0. The van der Waals surface area contributed by atoms with Crippen molar-refractivity contribution in [1.82, 2.24) is 16.0 Å². The van der Waals surface area contributed by atoms with E-state index in [9.17, 15) is 34.2 Å². The van der Waals surface area contributed by atoms with Crippen LogP contribution in [0.5, 0.6) is 5.75 Å². The van der Waals surface area contributed by atoms with Crippen molar-refractivity contribution in [3.05, 3.63) is 102 Å². The van der Waals surface area contributed by atoms with Crippen LogP contribution in [0.1, 0.15) is 29.5 Å². The van der Waals surface area contributed by atoms with Gasteiger partial charge in [0, 0.05) is 19.3 Å². The number of rotatable bonds is 16. The first kappa shape index (κ1) is 33.3. The van der Waals surface area contributed by atoms with Crippen LogP contribution >= 0.6 is 0 Å². The number of hydrogen-bond acceptors (Lipinski definition) is 7. The fourth-order valence-corrected chi connectivity index (χ4v) is 4.46. The molecule has 0 aliphatic carbocycles. The van der Waals surface area contributed by atoms with Crippen LogP contribution in [0.3, 0.4) is 0 Å². The van der Waals surface area contributed by atoms with E-state index in [1.54, 1.807) is 42.5 Å². The van der Waals surface area contributed by atoms with Crippen LogP contribution in [0.25, 0.3) is 0 Å². The molecular weight excluding hydrogens is 566 g/mol. The summed E-state index contributed by atoms with van der Waals surface area (Å²) < 4.78 is 0. The van der Waals surface area contributed by atoms with E-state index < -0.39 is 53.8 Å². The van der Waals surface area contributed by atoms with Crippen molar-refractivity contribution in [1.29, 1.82) is 0 Å². The van der Waals surface area contributed by atoms with E-state index in [0.29, 0.717) is 11.1 Å². The molecule has 0 fully saturated rings. The van der Waals surface area contributed by atoms with Gasteiger partial charge in [-0.15, -0.1) is 0 Å². The molecule has 3 rings (SSSR count). The summed E-state index contributed by atoms with van der Waals surface area (Å²) in [5.74, 6) is -4.16. The van der Waals surface area contributed by atoms with Crippen molar-refractivity contribution in [3.63, 3.8) is 0 Å². The minimum absolute atomic E-state index is 0.00590. The molecule has 0 spiro atoms. The summed E-state index contributed by atoms with van der Waals surface area (Å²) in [5, 5.41) is 27.0. The number of amides is 4. The lowest BCUT2D eigenvalue weighted by atomic mass is 10.0. The Morgan fingerprint density at radius 2 is 1.05 bits per heavy atom. The Hall–Kier alpha value is -5.23. The number of carboxylic acids is 1. The average molecular weight is 604 g/mol. The zero-order valence-corrected chi connectivity index (χ0v) is 24.0. The van der Waals surface area contributed by atoms with E-state index in [1.807, 2.05) is 30.3 Å². The first-order chi connectivity index (χ1) is 21.0. The second-order valence-corrected chi connectivity index (χ2v) is 10.4. The lowest BCUT2D eigenvalue weighted by molar-refractivity contribution is -0.142. The third kappa shape index (κ3) is 10.9. The number of carbonyl (C=O) groups excluding carboxylic acids is 4. The number of nitrogens with one attached hydrogen (secondary N) is 3. The van der Waals surface area contributed by atoms with Gasteiger partial charge in [0.05, 0.1) is 6.04 Å². The summed E-state index contributed by atoms with van der Waals surface area (Å²) in [7, 11) is 0. The molecule has 3 aromatic rings. The maximum absolute atomic E-state index is 13.7. The lowest BCUT2D eigenvalue weighted by Crippen LogP contribution is -2.58. The molecule has 0 heterocycles. The smallest absolute Gasteiger partial charge is 0.326 e. The van der Waals surface area contributed by atoms with Crippen LogP contribution < -0.4 is 27.4 Å². The fraction of sp³-hybridized carbons (Fsp3) is 0.281. The number of aliphatic carboxylic acids is 1. The molecule has 0 saturated heterocycles. The Labute approximate surface area is 254 Å². The third-order valence-corrected chi connectivity index (χ3v) is 6.85. The van der Waals surface area contributed by atoms with Crippen LogP contribution in [0.2, 0.25) is 0 Å². The molecule has 4 atom stereocenters. The van der Waals surface area contributed by atoms with Crippen LogP contribution in [-0.2, 0) is 43.2 Å². The van der Waals surface area contributed by atoms with E-state index in [-0.39, 0.29) is 37.9 Å². The van der Waals surface area contributed by atoms with Gasteiger partial charge in [0.2, 0.25) is 23.6 Å². The van der Waals surface area contributed by atoms with E-state index >= 15 is 0 Å². The van der Waals surface area contributed by atoms with Gasteiger partial charge in [-0.05, 0) is 41.7 Å². The first-order valence-electron chi connectivity index (χ1n) is 14.1. The normalized spacial score (nSPS) is 13.5. The van der Waals surface area contributed by atoms with Gasteiger partial charge >= 0.3 is 5.97 Å². The van der Waals surface area contributed by atoms with Gasteiger partial charge in [-0.3, -0.25) is 19.2 Å². The van der Waals surface area contributed by atoms with Crippen LogP contribution in [0.4, 0.5) is 0 Å². The van der Waals surface area contributed by atoms with Crippen molar-refractivity contribution in [2.24, 2.45) is 11.5 Å². The van der Waals surface area contributed by atoms with Gasteiger partial charge in [0.15, 0.2) is 0 Å². The number of carboxylic acid groups (broad SMARTS) is 1. The zero-order chi connectivity index (χ0) is 32.1. The number of nitrogens with two attached hydrogens (primary N) is 2. The molecule has 44 heavy (non-hydrogen) atoms. The molecule has 12 heteroatoms. The summed E-state index contributed by atoms with van der Waals surface area (Å²) in [6, 6.07) is 19.2. The number of hydrogen-bond donors (Lipinski definition) is 7. The summed E-state index contributed by atoms with van der Waals surface area (Å²) in [4.78, 5) is 63.2. The molecule has 3 aromatic carbocycles. The average Bonchev–Trinajstić information content (AvgIpc) is 3.00. The fourth-order valence-electron chi connectivity index (χ4n) is 4.46. The van der Waals surface area contributed by atoms with E-state index in [2.05, 4.69) is 16.0 Å². The number of phenols is 1. The minimum Gasteiger partial charge on any atom is -0.508 e. The molecule has 12 nitrogen and oxygen atoms in total. The number of primary amides is 1. The second-order valence-electron chi connectivity index (χ2n) is 10.4. The van der Waals surface area contributed by atoms with Gasteiger partial charge in [-0.25, -0.2) is 4.79 Å². The van der Waals surface area contributed by atoms with Gasteiger partial charge in [-0.2, -0.15) is 0 Å². The molecule has 0 aliphatic heterocycles. The maximum atomic E-state index is 13.7. The highest BCUT2D eigenvalue weighted by molar-refractivity contribution is 5.94. The number of aromatic hydroxyl groups is 1. The molecule has 4 unspecified atom stereocenters. The Kier molecular flexibility index (Phi) is 12.4. The molecule has 0 aromatic heterocycles. The predicted molar refractivity (Wildman–Crippen MR) is 162 cm³/mol. The number of carbonyl (C=O) groups is 5. The Bertz CT molecular complexity index is 1420. The molecular formula is C32H37N5O7. The number of phenolic OH excluding ortho intramolecular Hbond substituents is 1. The van der Waals surface area contributed by atoms with Crippen molar-refractivity contribution >= 4 is 29.6 Å². The second kappa shape index (κ2) is 16.4. The zero-order valence-electron chi connectivity index (χ0n) is 24.0. The van der Waals surface area contributed by atoms with Crippen LogP contribution in [0.15, 0.2) is 84.9 Å². The summed E-state index contributed by atoms with van der Waals surface area (Å²) in [6.45, 7) is 0. The summed E-state index contributed by atoms with van der Waals surface area (Å²) in [6.07, 6.45) is -0.265. The highest BCUT2D eigenvalue weighted by Crippen LogP contribution is 2.13. The van der Waals surface area contributed by atoms with Crippen molar-refractivity contribution in [2.75, 3.05) is 0 Å². The predicted octanol–water partition coefficient (Wildman–Crippen LogP) is 0.552. The van der Waals surface area contributed by atoms with E-state index in [0.717, 1.165) is 5.56 Å². The lowest BCUT2D eigenvalue weighted by Gasteiger charge is -2.25. The Morgan fingerprint density at radius 3 is 1.52 bits per heavy atom. The van der Waals surface area contributed by atoms with Gasteiger partial charge in [0.1, 0.15) is 23.9 Å². The van der Waals surface area contributed by atoms with Crippen molar-refractivity contribution < 1.29 is 34.2 Å². The molecule has 0 aliphatic rings. The van der Waals surface area contributed by atoms with Gasteiger partial charge < -0.3 is 37.6 Å². The number of benzene rings is 3. The topological polar surface area (TPSA) is 214 Å². The first-order valence-corrected chi connectivity index (χ1v) is 14.1. The molecule has 0 radical (unpaired) electrons. The standard InChI is InChI=1S/C32H37N5O7/c33-24(17-20-7-3-1-4-8-20)29(40)36-26(19-22-11-13-23(38)14-12-22)31(42)37-27(18-21-9-5-2-6-10-21)30(41)35-25(32(43)44)15-16-28(34)39/h1-14,24-27,38H,15-19,33H2,(H2,34,39)(H,35,41)(H,36,40)(H,37,42)(H,43,44). The highest BCUT2D eigenvalue weighted by atomic mass is 16.4. The largest absolute Gasteiger partial charge is 0.508 e. The quantitative estimate of drug-likeness (QED) is 0.122. The maximum Gasteiger partial charge on any atom is 0.326 e. The molecule has 0 bridgehead atoms. The Balaban J connectivity index is 1.83. The van der Waals surface area contributed by atoms with E-state index in [4.69, 9.17) is 11.5 Å². The van der Waals surface area contributed by atoms with Crippen LogP contribution in [-0.4, -0.2) is 64.0 Å².